The van der Waals surface area contributed by atoms with Crippen LogP contribution in [0.4, 0.5) is 0 Å². The molecule has 1 aliphatic carbocycles. The van der Waals surface area contributed by atoms with Crippen molar-refractivity contribution in [3.63, 3.8) is 0 Å². The third-order valence-corrected chi connectivity index (χ3v) is 7.32. The van der Waals surface area contributed by atoms with E-state index in [9.17, 15) is 4.79 Å². The average Bonchev–Trinajstić information content (AvgIpc) is 3.14. The summed E-state index contributed by atoms with van der Waals surface area (Å²) in [5.74, 6) is 1.39. The smallest absolute Gasteiger partial charge is 0.303 e. The van der Waals surface area contributed by atoms with E-state index in [0.29, 0.717) is 11.5 Å². The molecule has 31 heavy (non-hydrogen) atoms. The van der Waals surface area contributed by atoms with Crippen LogP contribution in [0.5, 0.6) is 5.75 Å². The number of ether oxygens (including phenoxy) is 1. The monoisotopic (exact) mass is 423 g/mol. The van der Waals surface area contributed by atoms with E-state index in [2.05, 4.69) is 62.1 Å². The van der Waals surface area contributed by atoms with Gasteiger partial charge in [0.1, 0.15) is 5.75 Å². The van der Waals surface area contributed by atoms with Crippen molar-refractivity contribution >= 4 is 16.7 Å². The first kappa shape index (κ1) is 22.1. The number of carbonyl (C=O) groups is 1. The Kier molecular flexibility index (Phi) is 6.57. The lowest BCUT2D eigenvalue weighted by atomic mass is 9.72. The fraction of sp³-hybridized carbons (Fsp3) is 0.593. The van der Waals surface area contributed by atoms with Gasteiger partial charge in [-0.15, -0.1) is 0 Å². The van der Waals surface area contributed by atoms with Gasteiger partial charge in [0.25, 0.3) is 0 Å². The Morgan fingerprint density at radius 3 is 2.45 bits per heavy atom. The van der Waals surface area contributed by atoms with E-state index in [1.54, 1.807) is 0 Å². The van der Waals surface area contributed by atoms with Crippen LogP contribution in [0.15, 0.2) is 36.4 Å². The molecule has 1 saturated carbocycles. The van der Waals surface area contributed by atoms with Crippen molar-refractivity contribution in [1.82, 2.24) is 4.90 Å². The molecule has 4 nitrogen and oxygen atoms in total. The second-order valence-corrected chi connectivity index (χ2v) is 10.8. The predicted molar refractivity (Wildman–Crippen MR) is 125 cm³/mol. The molecule has 4 rings (SSSR count). The first-order valence-electron chi connectivity index (χ1n) is 11.9. The molecule has 0 aromatic heterocycles. The molecule has 0 amide bonds. The number of carboxylic acid groups (broad SMARTS) is 1. The Labute approximate surface area is 186 Å². The van der Waals surface area contributed by atoms with Gasteiger partial charge in [-0.25, -0.2) is 0 Å². The summed E-state index contributed by atoms with van der Waals surface area (Å²) in [4.78, 5) is 13.3. The van der Waals surface area contributed by atoms with Crippen molar-refractivity contribution in [2.75, 3.05) is 13.1 Å². The van der Waals surface area contributed by atoms with E-state index in [1.165, 1.54) is 29.2 Å². The number of likely N-dealkylation sites (tertiary alicyclic amines) is 1. The van der Waals surface area contributed by atoms with Crippen molar-refractivity contribution in [2.45, 2.75) is 71.9 Å². The van der Waals surface area contributed by atoms with Gasteiger partial charge in [0.2, 0.25) is 0 Å². The van der Waals surface area contributed by atoms with Crippen LogP contribution in [0.1, 0.15) is 64.9 Å². The van der Waals surface area contributed by atoms with Crippen LogP contribution in [-0.4, -0.2) is 35.2 Å². The van der Waals surface area contributed by atoms with E-state index in [0.717, 1.165) is 50.6 Å². The Balaban J connectivity index is 1.34. The minimum Gasteiger partial charge on any atom is -0.490 e. The molecule has 2 aromatic rings. The second kappa shape index (κ2) is 9.20. The molecule has 1 heterocycles. The molecular formula is C27H37NO3. The Morgan fingerprint density at radius 1 is 1.03 bits per heavy atom. The minimum absolute atomic E-state index is 0.287. The Bertz CT molecular complexity index is 908. The van der Waals surface area contributed by atoms with Crippen LogP contribution in [-0.2, 0) is 11.3 Å². The fourth-order valence-electron chi connectivity index (χ4n) is 5.41. The number of carboxylic acids is 1. The van der Waals surface area contributed by atoms with Gasteiger partial charge >= 0.3 is 5.97 Å². The fourth-order valence-corrected chi connectivity index (χ4v) is 5.41. The predicted octanol–water partition coefficient (Wildman–Crippen LogP) is 6.12. The molecular weight excluding hydrogens is 386 g/mol. The quantitative estimate of drug-likeness (QED) is 0.608. The standard InChI is InChI=1S/C27H37NO3/c1-27(2,3)23-7-10-24(11-8-23)31-25-9-6-21-14-19(4-5-22(21)16-25)17-28-13-12-20(18-28)15-26(29)30/h4-6,9,14,16,20,23-24H,7-8,10-13,15,17-18H2,1-3H3,(H,29,30). The van der Waals surface area contributed by atoms with Gasteiger partial charge in [-0.2, -0.15) is 0 Å². The van der Waals surface area contributed by atoms with E-state index < -0.39 is 5.97 Å². The highest BCUT2D eigenvalue weighted by Gasteiger charge is 2.30. The lowest BCUT2D eigenvalue weighted by molar-refractivity contribution is -0.138. The van der Waals surface area contributed by atoms with Gasteiger partial charge in [0.15, 0.2) is 0 Å². The Morgan fingerprint density at radius 2 is 1.74 bits per heavy atom. The van der Waals surface area contributed by atoms with Crippen LogP contribution < -0.4 is 4.74 Å². The summed E-state index contributed by atoms with van der Waals surface area (Å²) in [6, 6.07) is 13.1. The van der Waals surface area contributed by atoms with E-state index in [-0.39, 0.29) is 12.3 Å². The zero-order chi connectivity index (χ0) is 22.0. The van der Waals surface area contributed by atoms with Gasteiger partial charge in [0.05, 0.1) is 6.10 Å². The summed E-state index contributed by atoms with van der Waals surface area (Å²) >= 11 is 0. The van der Waals surface area contributed by atoms with E-state index in [1.807, 2.05) is 0 Å². The maximum absolute atomic E-state index is 10.9. The first-order chi connectivity index (χ1) is 14.8. The second-order valence-electron chi connectivity index (χ2n) is 10.8. The molecule has 0 bridgehead atoms. The van der Waals surface area contributed by atoms with Gasteiger partial charge in [0, 0.05) is 19.5 Å². The molecule has 2 aliphatic rings. The van der Waals surface area contributed by atoms with Gasteiger partial charge in [-0.05, 0) is 90.4 Å². The maximum atomic E-state index is 10.9. The zero-order valence-electron chi connectivity index (χ0n) is 19.3. The first-order valence-corrected chi connectivity index (χ1v) is 11.9. The SMILES string of the molecule is CC(C)(C)C1CCC(Oc2ccc3cc(CN4CCC(CC(=O)O)C4)ccc3c2)CC1. The molecule has 1 saturated heterocycles. The van der Waals surface area contributed by atoms with Gasteiger partial charge in [-0.1, -0.05) is 39.0 Å². The molecule has 1 N–H and O–H groups in total. The largest absolute Gasteiger partial charge is 0.490 e. The third-order valence-electron chi connectivity index (χ3n) is 7.32. The number of hydrogen-bond donors (Lipinski definition) is 1. The molecule has 168 valence electrons. The van der Waals surface area contributed by atoms with Crippen molar-refractivity contribution in [1.29, 1.82) is 0 Å². The van der Waals surface area contributed by atoms with Crippen LogP contribution in [0.2, 0.25) is 0 Å². The van der Waals surface area contributed by atoms with Crippen LogP contribution >= 0.6 is 0 Å². The highest BCUT2D eigenvalue weighted by molar-refractivity contribution is 5.84. The van der Waals surface area contributed by atoms with Crippen LogP contribution in [0.3, 0.4) is 0 Å². The summed E-state index contributed by atoms with van der Waals surface area (Å²) in [6.45, 7) is 9.83. The minimum atomic E-state index is -0.683. The van der Waals surface area contributed by atoms with Crippen molar-refractivity contribution in [3.05, 3.63) is 42.0 Å². The number of benzene rings is 2. The summed E-state index contributed by atoms with van der Waals surface area (Å²) in [5, 5.41) is 11.5. The van der Waals surface area contributed by atoms with E-state index in [4.69, 9.17) is 9.84 Å². The zero-order valence-corrected chi connectivity index (χ0v) is 19.3. The topological polar surface area (TPSA) is 49.8 Å². The molecule has 1 aliphatic heterocycles. The molecule has 2 fully saturated rings. The summed E-state index contributed by atoms with van der Waals surface area (Å²) in [6.07, 6.45) is 6.43. The maximum Gasteiger partial charge on any atom is 0.303 e. The van der Waals surface area contributed by atoms with Crippen LogP contribution in [0, 0.1) is 17.3 Å². The molecule has 4 heteroatoms. The summed E-state index contributed by atoms with van der Waals surface area (Å²) in [5.41, 5.74) is 1.69. The number of nitrogens with zero attached hydrogens (tertiary/aromatic N) is 1. The number of aliphatic carboxylic acids is 1. The normalized spacial score (nSPS) is 25.1. The molecule has 2 aromatic carbocycles. The summed E-state index contributed by atoms with van der Waals surface area (Å²) < 4.78 is 6.35. The van der Waals surface area contributed by atoms with Crippen LogP contribution in [0.25, 0.3) is 10.8 Å². The molecule has 0 spiro atoms. The van der Waals surface area contributed by atoms with Crippen molar-refractivity contribution < 1.29 is 14.6 Å². The highest BCUT2D eigenvalue weighted by Crippen LogP contribution is 2.39. The molecule has 1 atom stereocenters. The Hall–Kier alpha value is -2.07. The number of rotatable bonds is 6. The number of hydrogen-bond acceptors (Lipinski definition) is 3. The average molecular weight is 424 g/mol. The summed E-state index contributed by atoms with van der Waals surface area (Å²) in [7, 11) is 0. The lowest BCUT2D eigenvalue weighted by Gasteiger charge is -2.37. The van der Waals surface area contributed by atoms with E-state index >= 15 is 0 Å². The van der Waals surface area contributed by atoms with Gasteiger partial charge in [-0.3, -0.25) is 9.69 Å². The molecule has 0 radical (unpaired) electrons. The van der Waals surface area contributed by atoms with Crippen molar-refractivity contribution in [2.24, 2.45) is 17.3 Å². The van der Waals surface area contributed by atoms with Crippen molar-refractivity contribution in [3.8, 4) is 5.75 Å². The lowest BCUT2D eigenvalue weighted by Crippen LogP contribution is -2.30. The number of fused-ring (bicyclic) bond motifs is 1. The molecule has 1 unspecified atom stereocenters. The third kappa shape index (κ3) is 5.79. The van der Waals surface area contributed by atoms with Gasteiger partial charge < -0.3 is 9.84 Å². The highest BCUT2D eigenvalue weighted by atomic mass is 16.5.